The maximum Gasteiger partial charge on any atom is 0.330 e. The Bertz CT molecular complexity index is 1820. The molecule has 0 unspecified atom stereocenters. The van der Waals surface area contributed by atoms with Crippen molar-refractivity contribution < 1.29 is 32.9 Å². The number of azo groups is 3. The SMILES string of the molecule is C=CC(=O)OCCOc1ccc(N=Nc2ccc(N=Nc3ccc(N=Nc4ccc(OCCOC(=O)C=C)c(C)c4)cc3F)c(C)c2)cc1C. The predicted molar refractivity (Wildman–Crippen MR) is 186 cm³/mol. The van der Waals surface area contributed by atoms with Crippen LogP contribution in [-0.2, 0) is 19.1 Å². The Kier molecular flexibility index (Phi) is 13.3. The molecule has 0 heterocycles. The van der Waals surface area contributed by atoms with Gasteiger partial charge < -0.3 is 18.9 Å². The fourth-order valence-electron chi connectivity index (χ4n) is 4.21. The lowest BCUT2D eigenvalue weighted by atomic mass is 10.2. The van der Waals surface area contributed by atoms with Crippen LogP contribution in [0.25, 0.3) is 0 Å². The molecule has 0 N–H and O–H groups in total. The van der Waals surface area contributed by atoms with E-state index < -0.39 is 17.8 Å². The molecule has 0 aliphatic rings. The number of carbonyl (C=O) groups excluding carboxylic acids is 2. The van der Waals surface area contributed by atoms with Crippen LogP contribution in [0.3, 0.4) is 0 Å². The number of carbonyl (C=O) groups is 2. The molecule has 50 heavy (non-hydrogen) atoms. The summed E-state index contributed by atoms with van der Waals surface area (Å²) in [6.45, 7) is 12.9. The first kappa shape index (κ1) is 36.5. The van der Waals surface area contributed by atoms with Gasteiger partial charge in [-0.05, 0) is 104 Å². The summed E-state index contributed by atoms with van der Waals surface area (Å²) >= 11 is 0. The van der Waals surface area contributed by atoms with Crippen molar-refractivity contribution in [2.24, 2.45) is 30.7 Å². The Hall–Kier alpha value is -6.37. The van der Waals surface area contributed by atoms with Gasteiger partial charge in [-0.2, -0.15) is 25.6 Å². The van der Waals surface area contributed by atoms with Gasteiger partial charge in [0.25, 0.3) is 0 Å². The monoisotopic (exact) mass is 678 g/mol. The molecule has 4 aromatic carbocycles. The number of hydrogen-bond donors (Lipinski definition) is 0. The molecule has 0 aliphatic carbocycles. The lowest BCUT2D eigenvalue weighted by Gasteiger charge is -2.09. The number of benzene rings is 4. The molecule has 13 heteroatoms. The second-order valence-corrected chi connectivity index (χ2v) is 10.5. The summed E-state index contributed by atoms with van der Waals surface area (Å²) in [5, 5.41) is 25.2. The highest BCUT2D eigenvalue weighted by molar-refractivity contribution is 5.81. The second-order valence-electron chi connectivity index (χ2n) is 10.5. The molecule has 4 rings (SSSR count). The third-order valence-electron chi connectivity index (χ3n) is 6.76. The summed E-state index contributed by atoms with van der Waals surface area (Å²) in [4.78, 5) is 22.2. The summed E-state index contributed by atoms with van der Waals surface area (Å²) in [5.74, 6) is -0.359. The van der Waals surface area contributed by atoms with Gasteiger partial charge in [-0.3, -0.25) is 0 Å². The normalized spacial score (nSPS) is 11.2. The number of halogens is 1. The van der Waals surface area contributed by atoms with Crippen molar-refractivity contribution in [3.05, 3.63) is 121 Å². The zero-order valence-corrected chi connectivity index (χ0v) is 27.8. The molecule has 12 nitrogen and oxygen atoms in total. The Morgan fingerprint density at radius 3 is 1.38 bits per heavy atom. The largest absolute Gasteiger partial charge is 0.490 e. The van der Waals surface area contributed by atoms with Gasteiger partial charge in [-0.15, -0.1) is 5.11 Å². The summed E-state index contributed by atoms with van der Waals surface area (Å²) in [5.41, 5.74) is 5.11. The van der Waals surface area contributed by atoms with Crippen LogP contribution in [0.5, 0.6) is 11.5 Å². The summed E-state index contributed by atoms with van der Waals surface area (Å²) < 4.78 is 35.9. The van der Waals surface area contributed by atoms with Crippen molar-refractivity contribution in [1.29, 1.82) is 0 Å². The van der Waals surface area contributed by atoms with E-state index in [1.54, 1.807) is 54.6 Å². The molecule has 0 aliphatic heterocycles. The minimum Gasteiger partial charge on any atom is -0.490 e. The zero-order chi connectivity index (χ0) is 35.9. The summed E-state index contributed by atoms with van der Waals surface area (Å²) in [7, 11) is 0. The van der Waals surface area contributed by atoms with Crippen molar-refractivity contribution in [1.82, 2.24) is 0 Å². The quantitative estimate of drug-likeness (QED) is 0.0499. The predicted octanol–water partition coefficient (Wildman–Crippen LogP) is 10.2. The third-order valence-corrected chi connectivity index (χ3v) is 6.76. The first-order valence-electron chi connectivity index (χ1n) is 15.4. The Morgan fingerprint density at radius 2 is 0.960 bits per heavy atom. The highest BCUT2D eigenvalue weighted by Gasteiger charge is 2.07. The van der Waals surface area contributed by atoms with Gasteiger partial charge in [0.15, 0.2) is 5.82 Å². The fraction of sp³-hybridized carbons (Fsp3) is 0.189. The van der Waals surface area contributed by atoms with E-state index >= 15 is 0 Å². The van der Waals surface area contributed by atoms with E-state index in [0.717, 1.165) is 28.8 Å². The van der Waals surface area contributed by atoms with E-state index in [4.69, 9.17) is 18.9 Å². The van der Waals surface area contributed by atoms with Crippen molar-refractivity contribution in [2.45, 2.75) is 20.8 Å². The number of rotatable bonds is 16. The fourth-order valence-corrected chi connectivity index (χ4v) is 4.21. The molecule has 0 fully saturated rings. The molecular formula is C37H35FN6O6. The van der Waals surface area contributed by atoms with E-state index in [1.165, 1.54) is 12.1 Å². The van der Waals surface area contributed by atoms with Gasteiger partial charge in [0.2, 0.25) is 0 Å². The van der Waals surface area contributed by atoms with Crippen LogP contribution >= 0.6 is 0 Å². The molecule has 256 valence electrons. The minimum absolute atomic E-state index is 0.0452. The Balaban J connectivity index is 1.31. The van der Waals surface area contributed by atoms with E-state index in [-0.39, 0.29) is 32.1 Å². The molecule has 0 saturated heterocycles. The zero-order valence-electron chi connectivity index (χ0n) is 27.8. The highest BCUT2D eigenvalue weighted by atomic mass is 19.1. The number of nitrogens with zero attached hydrogens (tertiary/aromatic N) is 6. The van der Waals surface area contributed by atoms with Crippen molar-refractivity contribution in [2.75, 3.05) is 26.4 Å². The molecule has 0 aromatic heterocycles. The lowest BCUT2D eigenvalue weighted by Crippen LogP contribution is -2.10. The van der Waals surface area contributed by atoms with E-state index in [9.17, 15) is 14.0 Å². The maximum absolute atomic E-state index is 14.9. The van der Waals surface area contributed by atoms with Crippen LogP contribution in [0.15, 0.2) is 129 Å². The molecule has 0 amide bonds. The molecule has 0 bridgehead atoms. The van der Waals surface area contributed by atoms with Crippen LogP contribution in [0, 0.1) is 26.6 Å². The molecule has 0 radical (unpaired) electrons. The van der Waals surface area contributed by atoms with E-state index in [0.29, 0.717) is 39.9 Å². The number of aryl methyl sites for hydroxylation is 3. The van der Waals surface area contributed by atoms with Crippen LogP contribution in [0.1, 0.15) is 16.7 Å². The smallest absolute Gasteiger partial charge is 0.330 e. The Morgan fingerprint density at radius 1 is 0.560 bits per heavy atom. The van der Waals surface area contributed by atoms with Crippen molar-refractivity contribution in [3.8, 4) is 11.5 Å². The molecule has 4 aromatic rings. The maximum atomic E-state index is 14.9. The standard InChI is InChI=1S/C37H35FN6O6/c1-6-36(45)49-18-16-47-34-14-10-28(21-25(34)4)40-39-27-8-12-32(24(3)20-27)43-44-33-13-9-30(23-31(33)38)42-41-29-11-15-35(26(5)22-29)48-17-19-50-37(46)7-2/h6-15,20-23H,1-2,16-19H2,3-5H3. The van der Waals surface area contributed by atoms with Crippen LogP contribution in [-0.4, -0.2) is 38.4 Å². The van der Waals surface area contributed by atoms with Gasteiger partial charge in [-0.25, -0.2) is 14.0 Å². The lowest BCUT2D eigenvalue weighted by molar-refractivity contribution is -0.139. The first-order valence-corrected chi connectivity index (χ1v) is 15.4. The van der Waals surface area contributed by atoms with Crippen molar-refractivity contribution >= 4 is 46.1 Å². The van der Waals surface area contributed by atoms with Crippen LogP contribution in [0.2, 0.25) is 0 Å². The first-order chi connectivity index (χ1) is 24.1. The summed E-state index contributed by atoms with van der Waals surface area (Å²) in [6.07, 6.45) is 2.19. The third kappa shape index (κ3) is 11.1. The molecule has 0 saturated carbocycles. The van der Waals surface area contributed by atoms with Crippen LogP contribution in [0.4, 0.5) is 38.5 Å². The van der Waals surface area contributed by atoms with E-state index in [2.05, 4.69) is 43.8 Å². The number of esters is 2. The highest BCUT2D eigenvalue weighted by Crippen LogP contribution is 2.31. The second kappa shape index (κ2) is 18.2. The molecule has 0 atom stereocenters. The van der Waals surface area contributed by atoms with Gasteiger partial charge in [0, 0.05) is 18.2 Å². The minimum atomic E-state index is -0.604. The Labute approximate surface area is 288 Å². The average Bonchev–Trinajstić information content (AvgIpc) is 3.11. The van der Waals surface area contributed by atoms with E-state index in [1.807, 2.05) is 26.8 Å². The number of hydrogen-bond acceptors (Lipinski definition) is 12. The van der Waals surface area contributed by atoms with Gasteiger partial charge >= 0.3 is 11.9 Å². The van der Waals surface area contributed by atoms with Gasteiger partial charge in [0.1, 0.15) is 43.6 Å². The molecular weight excluding hydrogens is 643 g/mol. The van der Waals surface area contributed by atoms with Crippen molar-refractivity contribution in [3.63, 3.8) is 0 Å². The average molecular weight is 679 g/mol. The van der Waals surface area contributed by atoms with Crippen LogP contribution < -0.4 is 9.47 Å². The summed E-state index contributed by atoms with van der Waals surface area (Å²) in [6, 6.07) is 20.1. The topological polar surface area (TPSA) is 145 Å². The van der Waals surface area contributed by atoms with Gasteiger partial charge in [-0.1, -0.05) is 13.2 Å². The van der Waals surface area contributed by atoms with Gasteiger partial charge in [0.05, 0.1) is 28.4 Å². The molecule has 0 spiro atoms. The number of ether oxygens (including phenoxy) is 4.